The Morgan fingerprint density at radius 1 is 1.19 bits per heavy atom. The third-order valence-electron chi connectivity index (χ3n) is 5.62. The summed E-state index contributed by atoms with van der Waals surface area (Å²) in [7, 11) is 0. The minimum atomic E-state index is -4.36. The molecule has 0 fully saturated rings. The van der Waals surface area contributed by atoms with Crippen LogP contribution in [0.3, 0.4) is 0 Å². The van der Waals surface area contributed by atoms with Gasteiger partial charge in [-0.25, -0.2) is 9.78 Å². The SMILES string of the molecule is Cc1cc2nc3c(=O)[nH]c(=O)nc-3n(CCNCC3C=C(C(F)(F)F)C=CC3)c2cc1C. The minimum Gasteiger partial charge on any atom is -0.321 e. The highest BCUT2D eigenvalue weighted by atomic mass is 19.4. The number of hydrogen-bond donors (Lipinski definition) is 2. The largest absolute Gasteiger partial charge is 0.416 e. The van der Waals surface area contributed by atoms with Crippen molar-refractivity contribution in [1.29, 1.82) is 0 Å². The van der Waals surface area contributed by atoms with Gasteiger partial charge in [0.25, 0.3) is 5.56 Å². The molecule has 1 unspecified atom stereocenters. The topological polar surface area (TPSA) is 92.7 Å². The molecule has 0 amide bonds. The van der Waals surface area contributed by atoms with Gasteiger partial charge in [-0.3, -0.25) is 9.78 Å². The van der Waals surface area contributed by atoms with Crippen molar-refractivity contribution in [2.75, 3.05) is 13.1 Å². The Kier molecular flexibility index (Phi) is 5.72. The number of H-pyrrole nitrogens is 1. The number of nitrogens with zero attached hydrogens (tertiary/aromatic N) is 3. The first-order chi connectivity index (χ1) is 15.1. The number of nitrogens with one attached hydrogen (secondary N) is 2. The maximum absolute atomic E-state index is 12.9. The second-order valence-corrected chi connectivity index (χ2v) is 7.95. The molecule has 0 saturated carbocycles. The normalized spacial score (nSPS) is 16.7. The first-order valence-electron chi connectivity index (χ1n) is 10.2. The van der Waals surface area contributed by atoms with E-state index in [2.05, 4.69) is 20.3 Å². The Morgan fingerprint density at radius 2 is 1.94 bits per heavy atom. The molecule has 2 heterocycles. The van der Waals surface area contributed by atoms with Crippen molar-refractivity contribution in [3.63, 3.8) is 0 Å². The van der Waals surface area contributed by atoms with Gasteiger partial charge in [-0.2, -0.15) is 18.2 Å². The fourth-order valence-corrected chi connectivity index (χ4v) is 3.83. The van der Waals surface area contributed by atoms with E-state index in [0.29, 0.717) is 31.6 Å². The van der Waals surface area contributed by atoms with E-state index < -0.39 is 23.0 Å². The number of benzene rings is 1. The Morgan fingerprint density at radius 3 is 2.69 bits per heavy atom. The highest BCUT2D eigenvalue weighted by molar-refractivity contribution is 5.81. The van der Waals surface area contributed by atoms with Gasteiger partial charge in [0, 0.05) is 19.6 Å². The van der Waals surface area contributed by atoms with Gasteiger partial charge >= 0.3 is 11.9 Å². The number of aryl methyl sites for hydroxylation is 2. The molecule has 3 aliphatic rings. The Hall–Kier alpha value is -3.27. The molecule has 2 aliphatic heterocycles. The zero-order chi connectivity index (χ0) is 23.0. The van der Waals surface area contributed by atoms with E-state index in [4.69, 9.17) is 0 Å². The Balaban J connectivity index is 1.60. The van der Waals surface area contributed by atoms with Gasteiger partial charge in [0.05, 0.1) is 16.6 Å². The van der Waals surface area contributed by atoms with Crippen LogP contribution in [0, 0.1) is 19.8 Å². The fraction of sp³-hybridized carbons (Fsp3) is 0.364. The van der Waals surface area contributed by atoms with Gasteiger partial charge < -0.3 is 9.88 Å². The summed E-state index contributed by atoms with van der Waals surface area (Å²) in [5.41, 5.74) is 1.42. The first kappa shape index (κ1) is 21.9. The van der Waals surface area contributed by atoms with Crippen molar-refractivity contribution in [3.8, 4) is 11.5 Å². The van der Waals surface area contributed by atoms with Crippen molar-refractivity contribution in [3.05, 3.63) is 67.9 Å². The van der Waals surface area contributed by atoms with Crippen LogP contribution in [0.5, 0.6) is 0 Å². The summed E-state index contributed by atoms with van der Waals surface area (Å²) >= 11 is 0. The average Bonchev–Trinajstić information content (AvgIpc) is 2.72. The van der Waals surface area contributed by atoms with Crippen LogP contribution in [0.25, 0.3) is 22.6 Å². The summed E-state index contributed by atoms with van der Waals surface area (Å²) in [6, 6.07) is 3.80. The number of aromatic nitrogens is 4. The van der Waals surface area contributed by atoms with Crippen LogP contribution in [-0.4, -0.2) is 38.8 Å². The predicted octanol–water partition coefficient (Wildman–Crippen LogP) is 2.86. The molecule has 0 spiro atoms. The smallest absolute Gasteiger partial charge is 0.321 e. The molecule has 1 aliphatic carbocycles. The average molecular weight is 445 g/mol. The van der Waals surface area contributed by atoms with Gasteiger partial charge in [0.2, 0.25) is 0 Å². The molecule has 0 saturated heterocycles. The number of aromatic amines is 1. The van der Waals surface area contributed by atoms with Crippen LogP contribution < -0.4 is 16.6 Å². The van der Waals surface area contributed by atoms with E-state index in [0.717, 1.165) is 22.7 Å². The molecular formula is C22H22F3N5O2. The summed E-state index contributed by atoms with van der Waals surface area (Å²) in [6.45, 7) is 5.02. The van der Waals surface area contributed by atoms with Gasteiger partial charge in [-0.15, -0.1) is 0 Å². The second-order valence-electron chi connectivity index (χ2n) is 7.95. The third kappa shape index (κ3) is 4.36. The van der Waals surface area contributed by atoms with Gasteiger partial charge in [-0.1, -0.05) is 18.2 Å². The van der Waals surface area contributed by atoms with Crippen molar-refractivity contribution < 1.29 is 13.2 Å². The zero-order valence-corrected chi connectivity index (χ0v) is 17.6. The first-order valence-corrected chi connectivity index (χ1v) is 10.2. The maximum Gasteiger partial charge on any atom is 0.416 e. The van der Waals surface area contributed by atoms with E-state index in [-0.39, 0.29) is 17.4 Å². The lowest BCUT2D eigenvalue weighted by Crippen LogP contribution is -2.31. The van der Waals surface area contributed by atoms with Crippen LogP contribution in [0.15, 0.2) is 45.5 Å². The molecule has 32 heavy (non-hydrogen) atoms. The van der Waals surface area contributed by atoms with Crippen molar-refractivity contribution >= 4 is 11.0 Å². The number of alkyl halides is 3. The molecule has 7 nitrogen and oxygen atoms in total. The monoisotopic (exact) mass is 445 g/mol. The molecule has 10 heteroatoms. The zero-order valence-electron chi connectivity index (χ0n) is 17.6. The molecule has 0 aromatic heterocycles. The number of hydrogen-bond acceptors (Lipinski definition) is 5. The predicted molar refractivity (Wildman–Crippen MR) is 115 cm³/mol. The molecule has 1 aromatic carbocycles. The van der Waals surface area contributed by atoms with Crippen LogP contribution in [-0.2, 0) is 6.54 Å². The summed E-state index contributed by atoms with van der Waals surface area (Å²) in [5.74, 6) is -0.0946. The van der Waals surface area contributed by atoms with Crippen molar-refractivity contribution in [1.82, 2.24) is 24.8 Å². The lowest BCUT2D eigenvalue weighted by atomic mass is 9.96. The third-order valence-corrected chi connectivity index (χ3v) is 5.62. The van der Waals surface area contributed by atoms with Gasteiger partial charge in [-0.05, 0) is 49.4 Å². The highest BCUT2D eigenvalue weighted by Crippen LogP contribution is 2.31. The van der Waals surface area contributed by atoms with Crippen LogP contribution in [0.4, 0.5) is 13.2 Å². The Labute approximate surface area is 181 Å². The highest BCUT2D eigenvalue weighted by Gasteiger charge is 2.33. The number of rotatable bonds is 5. The van der Waals surface area contributed by atoms with Crippen molar-refractivity contribution in [2.45, 2.75) is 33.0 Å². The molecule has 4 rings (SSSR count). The van der Waals surface area contributed by atoms with Crippen LogP contribution in [0.1, 0.15) is 17.5 Å². The van der Waals surface area contributed by atoms with E-state index in [9.17, 15) is 22.8 Å². The number of halogens is 3. The summed E-state index contributed by atoms with van der Waals surface area (Å²) < 4.78 is 40.6. The molecule has 1 atom stereocenters. The molecule has 0 bridgehead atoms. The molecule has 2 N–H and O–H groups in total. The molecule has 168 valence electrons. The van der Waals surface area contributed by atoms with E-state index >= 15 is 0 Å². The number of allylic oxidation sites excluding steroid dienone is 3. The Bertz CT molecular complexity index is 1320. The quantitative estimate of drug-likeness (QED) is 0.466. The second kappa shape index (κ2) is 8.34. The van der Waals surface area contributed by atoms with Crippen LogP contribution >= 0.6 is 0 Å². The standard InChI is InChI=1S/C22H22F3N5O2/c1-12-8-16-17(9-13(12)2)30(19-18(27-16)20(31)29-21(32)28-19)7-6-26-11-14-4-3-5-15(10-14)22(23,24)25/h3,5,8-10,14,26H,4,6-7,11H2,1-2H3,(H,29,31,32). The molecule has 1 aromatic rings. The molecule has 0 radical (unpaired) electrons. The van der Waals surface area contributed by atoms with Gasteiger partial charge in [0.1, 0.15) is 0 Å². The fourth-order valence-electron chi connectivity index (χ4n) is 3.83. The van der Waals surface area contributed by atoms with E-state index in [1.54, 1.807) is 4.57 Å². The lowest BCUT2D eigenvalue weighted by molar-refractivity contribution is -0.0889. The van der Waals surface area contributed by atoms with E-state index in [1.165, 1.54) is 12.2 Å². The van der Waals surface area contributed by atoms with Crippen molar-refractivity contribution in [2.24, 2.45) is 5.92 Å². The summed E-state index contributed by atoms with van der Waals surface area (Å²) in [5, 5.41) is 3.18. The summed E-state index contributed by atoms with van der Waals surface area (Å²) in [6.07, 6.45) is 0.0509. The number of fused-ring (bicyclic) bond motifs is 2. The molecular weight excluding hydrogens is 423 g/mol. The minimum absolute atomic E-state index is 0.0653. The summed E-state index contributed by atoms with van der Waals surface area (Å²) in [4.78, 5) is 34.6. The maximum atomic E-state index is 12.9. The van der Waals surface area contributed by atoms with Gasteiger partial charge in [0.15, 0.2) is 11.5 Å². The van der Waals surface area contributed by atoms with Crippen LogP contribution in [0.2, 0.25) is 0 Å². The van der Waals surface area contributed by atoms with E-state index in [1.807, 2.05) is 26.0 Å². The lowest BCUT2D eigenvalue weighted by Gasteiger charge is -2.20.